The van der Waals surface area contributed by atoms with E-state index in [1.807, 2.05) is 0 Å². The SMILES string of the molecule is N#CC12C(N)=NC3(OCCO3)C1(C#N)C2c1cc([N+](=O)[O-])ccc1Cl. The number of nitrogens with two attached hydrogens (primary N) is 1. The van der Waals surface area contributed by atoms with Crippen LogP contribution in [0.15, 0.2) is 23.2 Å². The molecular formula is C15H10ClN5O4. The highest BCUT2D eigenvalue weighted by atomic mass is 35.5. The molecule has 10 heteroatoms. The Morgan fingerprint density at radius 3 is 2.60 bits per heavy atom. The van der Waals surface area contributed by atoms with E-state index in [2.05, 4.69) is 17.1 Å². The van der Waals surface area contributed by atoms with E-state index >= 15 is 0 Å². The molecule has 126 valence electrons. The smallest absolute Gasteiger partial charge is 0.293 e. The number of hydrogen-bond acceptors (Lipinski definition) is 8. The largest absolute Gasteiger partial charge is 0.386 e. The molecule has 0 bridgehead atoms. The number of benzene rings is 1. The zero-order chi connectivity index (χ0) is 18.0. The lowest BCUT2D eigenvalue weighted by Crippen LogP contribution is -2.38. The quantitative estimate of drug-likeness (QED) is 0.620. The minimum Gasteiger partial charge on any atom is -0.386 e. The lowest BCUT2D eigenvalue weighted by Gasteiger charge is -2.25. The number of aliphatic imine (C=N–C) groups is 1. The van der Waals surface area contributed by atoms with Crippen molar-refractivity contribution in [2.45, 2.75) is 11.8 Å². The van der Waals surface area contributed by atoms with E-state index in [9.17, 15) is 20.6 Å². The van der Waals surface area contributed by atoms with E-state index in [0.717, 1.165) is 0 Å². The first-order chi connectivity index (χ1) is 11.9. The normalized spacial score (nSPS) is 34.0. The monoisotopic (exact) mass is 359 g/mol. The first kappa shape index (κ1) is 15.8. The molecule has 25 heavy (non-hydrogen) atoms. The summed E-state index contributed by atoms with van der Waals surface area (Å²) in [6, 6.07) is 8.02. The zero-order valence-electron chi connectivity index (χ0n) is 12.6. The fraction of sp³-hybridized carbons (Fsp3) is 0.400. The average Bonchev–Trinajstić information content (AvgIpc) is 2.82. The summed E-state index contributed by atoms with van der Waals surface area (Å²) in [5, 5.41) is 31.1. The number of nitriles is 2. The molecule has 2 heterocycles. The molecule has 3 aliphatic rings. The number of amidine groups is 1. The number of nitro benzene ring substituents is 1. The Kier molecular flexibility index (Phi) is 2.95. The van der Waals surface area contributed by atoms with Gasteiger partial charge in [0.15, 0.2) is 5.41 Å². The van der Waals surface area contributed by atoms with Gasteiger partial charge in [-0.3, -0.25) is 10.1 Å². The summed E-state index contributed by atoms with van der Waals surface area (Å²) in [6.07, 6.45) is 0. The van der Waals surface area contributed by atoms with Crippen LogP contribution in [0.25, 0.3) is 0 Å². The standard InChI is InChI=1S/C15H10ClN5O4/c16-10-2-1-8(21(22)23)5-9(10)11-13(6-17)12(19)20-15(14(11,13)7-18)24-3-4-25-15/h1-2,5,11H,3-4H2,(H2,19,20). The van der Waals surface area contributed by atoms with Gasteiger partial charge in [-0.25, -0.2) is 4.99 Å². The van der Waals surface area contributed by atoms with E-state index in [1.54, 1.807) is 0 Å². The summed E-state index contributed by atoms with van der Waals surface area (Å²) < 4.78 is 11.2. The highest BCUT2D eigenvalue weighted by Crippen LogP contribution is 2.82. The summed E-state index contributed by atoms with van der Waals surface area (Å²) >= 11 is 6.22. The minimum atomic E-state index is -1.69. The number of rotatable bonds is 2. The third-order valence-corrected chi connectivity index (χ3v) is 5.45. The molecule has 4 rings (SSSR count). The van der Waals surface area contributed by atoms with Crippen LogP contribution < -0.4 is 5.73 Å². The van der Waals surface area contributed by atoms with Crippen LogP contribution in [0.5, 0.6) is 0 Å². The van der Waals surface area contributed by atoms with Crippen molar-refractivity contribution in [3.8, 4) is 12.1 Å². The summed E-state index contributed by atoms with van der Waals surface area (Å²) in [5.74, 6) is -2.63. The molecule has 2 fully saturated rings. The highest BCUT2D eigenvalue weighted by Gasteiger charge is 2.94. The van der Waals surface area contributed by atoms with Crippen LogP contribution in [0.2, 0.25) is 5.02 Å². The van der Waals surface area contributed by atoms with Crippen LogP contribution >= 0.6 is 11.6 Å². The van der Waals surface area contributed by atoms with Crippen molar-refractivity contribution in [3.05, 3.63) is 38.9 Å². The number of halogens is 1. The molecule has 9 nitrogen and oxygen atoms in total. The Morgan fingerprint density at radius 1 is 1.36 bits per heavy atom. The maximum atomic E-state index is 11.1. The summed E-state index contributed by atoms with van der Waals surface area (Å²) in [5.41, 5.74) is 3.01. The van der Waals surface area contributed by atoms with Gasteiger partial charge in [-0.1, -0.05) is 11.6 Å². The molecule has 2 N–H and O–H groups in total. The van der Waals surface area contributed by atoms with Crippen molar-refractivity contribution in [1.29, 1.82) is 10.5 Å². The first-order valence-electron chi connectivity index (χ1n) is 7.30. The third kappa shape index (κ3) is 1.51. The van der Waals surface area contributed by atoms with E-state index < -0.39 is 27.6 Å². The first-order valence-corrected chi connectivity index (χ1v) is 7.68. The van der Waals surface area contributed by atoms with Gasteiger partial charge in [0.1, 0.15) is 11.3 Å². The van der Waals surface area contributed by atoms with Crippen molar-refractivity contribution in [3.63, 3.8) is 0 Å². The van der Waals surface area contributed by atoms with Crippen LogP contribution in [-0.4, -0.2) is 29.9 Å². The van der Waals surface area contributed by atoms with Gasteiger partial charge in [-0.15, -0.1) is 0 Å². The second-order valence-corrected chi connectivity index (χ2v) is 6.42. The number of nitrogens with zero attached hydrogens (tertiary/aromatic N) is 4. The Bertz CT molecular complexity index is 929. The maximum absolute atomic E-state index is 11.1. The van der Waals surface area contributed by atoms with Gasteiger partial charge in [-0.05, 0) is 11.6 Å². The molecule has 3 unspecified atom stereocenters. The molecule has 1 aromatic rings. The molecule has 2 aliphatic heterocycles. The molecule has 1 saturated heterocycles. The summed E-state index contributed by atoms with van der Waals surface area (Å²) in [7, 11) is 0. The number of hydrogen-bond donors (Lipinski definition) is 1. The Labute approximate surface area is 146 Å². The average molecular weight is 360 g/mol. The molecular weight excluding hydrogens is 350 g/mol. The van der Waals surface area contributed by atoms with Crippen molar-refractivity contribution in [2.24, 2.45) is 21.6 Å². The number of non-ortho nitro benzene ring substituents is 1. The van der Waals surface area contributed by atoms with Gasteiger partial charge in [0.2, 0.25) is 0 Å². The van der Waals surface area contributed by atoms with Crippen LogP contribution in [0.4, 0.5) is 5.69 Å². The van der Waals surface area contributed by atoms with Gasteiger partial charge < -0.3 is 15.2 Å². The molecule has 0 radical (unpaired) electrons. The molecule has 0 aromatic heterocycles. The van der Waals surface area contributed by atoms with Crippen molar-refractivity contribution in [1.82, 2.24) is 0 Å². The van der Waals surface area contributed by atoms with Crippen LogP contribution in [-0.2, 0) is 9.47 Å². The van der Waals surface area contributed by atoms with Gasteiger partial charge >= 0.3 is 0 Å². The number of nitro groups is 1. The van der Waals surface area contributed by atoms with E-state index in [4.69, 9.17) is 26.8 Å². The Morgan fingerprint density at radius 2 is 2.04 bits per heavy atom. The van der Waals surface area contributed by atoms with Crippen molar-refractivity contribution in [2.75, 3.05) is 13.2 Å². The second-order valence-electron chi connectivity index (χ2n) is 6.01. The molecule has 3 atom stereocenters. The number of ether oxygens (including phenoxy) is 2. The molecule has 1 spiro atoms. The highest BCUT2D eigenvalue weighted by molar-refractivity contribution is 6.31. The van der Waals surface area contributed by atoms with Crippen LogP contribution in [0.1, 0.15) is 11.5 Å². The third-order valence-electron chi connectivity index (χ3n) is 5.11. The van der Waals surface area contributed by atoms with E-state index in [-0.39, 0.29) is 35.3 Å². The number of fused-ring (bicyclic) bond motifs is 2. The van der Waals surface area contributed by atoms with Crippen LogP contribution in [0.3, 0.4) is 0 Å². The van der Waals surface area contributed by atoms with E-state index in [0.29, 0.717) is 0 Å². The summed E-state index contributed by atoms with van der Waals surface area (Å²) in [4.78, 5) is 14.7. The molecule has 0 amide bonds. The lowest BCUT2D eigenvalue weighted by molar-refractivity contribution is -0.384. The van der Waals surface area contributed by atoms with E-state index in [1.165, 1.54) is 18.2 Å². The fourth-order valence-corrected chi connectivity index (χ4v) is 4.28. The Hall–Kier alpha value is -2.72. The fourth-order valence-electron chi connectivity index (χ4n) is 4.05. The predicted molar refractivity (Wildman–Crippen MR) is 83.2 cm³/mol. The molecule has 1 aliphatic carbocycles. The maximum Gasteiger partial charge on any atom is 0.293 e. The van der Waals surface area contributed by atoms with Crippen molar-refractivity contribution < 1.29 is 14.4 Å². The van der Waals surface area contributed by atoms with Crippen LogP contribution in [0, 0.1) is 43.6 Å². The van der Waals surface area contributed by atoms with Crippen molar-refractivity contribution >= 4 is 23.1 Å². The second kappa shape index (κ2) is 4.67. The predicted octanol–water partition coefficient (Wildman–Crippen LogP) is 1.44. The van der Waals surface area contributed by atoms with Gasteiger partial charge in [0.05, 0.1) is 30.3 Å². The topological polar surface area (TPSA) is 148 Å². The summed E-state index contributed by atoms with van der Waals surface area (Å²) in [6.45, 7) is 0.383. The van der Waals surface area contributed by atoms with Gasteiger partial charge in [0, 0.05) is 23.1 Å². The minimum absolute atomic E-state index is 0.0916. The molecule has 1 saturated carbocycles. The molecule has 1 aromatic carbocycles. The van der Waals surface area contributed by atoms with Gasteiger partial charge in [-0.2, -0.15) is 10.5 Å². The lowest BCUT2D eigenvalue weighted by atomic mass is 9.94. The zero-order valence-corrected chi connectivity index (χ0v) is 13.4. The van der Waals surface area contributed by atoms with Gasteiger partial charge in [0.25, 0.3) is 11.6 Å². The Balaban J connectivity index is 1.95.